The van der Waals surface area contributed by atoms with Crippen molar-refractivity contribution in [2.75, 3.05) is 11.4 Å². The van der Waals surface area contributed by atoms with Gasteiger partial charge < -0.3 is 9.33 Å². The molecule has 0 N–H and O–H groups in total. The Morgan fingerprint density at radius 1 is 0.622 bits per heavy atom. The Morgan fingerprint density at radius 2 is 1.05 bits per heavy atom. The standard InChI is InChI=1S/C33H33NO2Si/c35-32-31(33(24-14-5-15-25-33)26-34(32)27-16-6-1-7-17-27)36-37(28-18-8-2-9-19-28,29-20-10-3-11-21-29)30-22-12-4-13-23-30/h1-4,6-13,16-23,31H,5,14-15,24-26H2/t31-/m0/s1. The Kier molecular flexibility index (Phi) is 6.53. The van der Waals surface area contributed by atoms with Crippen LogP contribution in [-0.4, -0.2) is 26.9 Å². The lowest BCUT2D eigenvalue weighted by Crippen LogP contribution is -2.71. The van der Waals surface area contributed by atoms with Gasteiger partial charge in [0.2, 0.25) is 0 Å². The van der Waals surface area contributed by atoms with Gasteiger partial charge in [-0.25, -0.2) is 0 Å². The molecule has 2 aliphatic rings. The molecule has 0 bridgehead atoms. The highest BCUT2D eigenvalue weighted by atomic mass is 28.4. The highest BCUT2D eigenvalue weighted by molar-refractivity contribution is 7.07. The number of carbonyl (C=O) groups is 1. The molecule has 1 spiro atoms. The van der Waals surface area contributed by atoms with E-state index in [-0.39, 0.29) is 11.3 Å². The maximum atomic E-state index is 14.4. The van der Waals surface area contributed by atoms with Crippen molar-refractivity contribution >= 4 is 35.5 Å². The molecule has 1 saturated carbocycles. The van der Waals surface area contributed by atoms with Crippen molar-refractivity contribution in [2.45, 2.75) is 38.2 Å². The highest BCUT2D eigenvalue weighted by Gasteiger charge is 2.57. The second-order valence-electron chi connectivity index (χ2n) is 10.5. The van der Waals surface area contributed by atoms with Gasteiger partial charge in [0.25, 0.3) is 14.2 Å². The summed E-state index contributed by atoms with van der Waals surface area (Å²) in [7, 11) is -3.02. The lowest BCUT2D eigenvalue weighted by molar-refractivity contribution is -0.126. The van der Waals surface area contributed by atoms with Crippen molar-refractivity contribution in [1.82, 2.24) is 0 Å². The summed E-state index contributed by atoms with van der Waals surface area (Å²) in [5, 5.41) is 3.51. The maximum absolute atomic E-state index is 14.4. The Morgan fingerprint density at radius 3 is 1.51 bits per heavy atom. The molecule has 1 aliphatic heterocycles. The SMILES string of the molecule is O=C1[C@H](O[Si](c2ccccc2)(c2ccccc2)c2ccccc2)C2(CCCCC2)CN1c1ccccc1. The number of carbonyl (C=O) groups excluding carboxylic acids is 1. The Bertz CT molecular complexity index is 1230. The van der Waals surface area contributed by atoms with Gasteiger partial charge in [-0.05, 0) is 40.5 Å². The van der Waals surface area contributed by atoms with Crippen molar-refractivity contribution in [3.05, 3.63) is 121 Å². The molecular formula is C33H33NO2Si. The van der Waals surface area contributed by atoms with Gasteiger partial charge in [-0.3, -0.25) is 4.79 Å². The van der Waals surface area contributed by atoms with Crippen molar-refractivity contribution in [3.8, 4) is 0 Å². The molecule has 1 heterocycles. The molecule has 0 radical (unpaired) electrons. The van der Waals surface area contributed by atoms with E-state index in [1.807, 2.05) is 35.2 Å². The van der Waals surface area contributed by atoms with Crippen molar-refractivity contribution in [2.24, 2.45) is 5.41 Å². The summed E-state index contributed by atoms with van der Waals surface area (Å²) in [6.07, 6.45) is 5.08. The normalized spacial score (nSPS) is 19.3. The maximum Gasteiger partial charge on any atom is 0.289 e. The third-order valence-electron chi connectivity index (χ3n) is 8.27. The van der Waals surface area contributed by atoms with Crippen LogP contribution in [0.15, 0.2) is 121 Å². The first-order valence-corrected chi connectivity index (χ1v) is 15.3. The molecule has 4 heteroatoms. The lowest BCUT2D eigenvalue weighted by Gasteiger charge is -2.42. The molecule has 4 aromatic rings. The van der Waals surface area contributed by atoms with Crippen LogP contribution in [0.2, 0.25) is 0 Å². The average molecular weight is 504 g/mol. The average Bonchev–Trinajstić information content (AvgIpc) is 3.24. The molecule has 37 heavy (non-hydrogen) atoms. The Balaban J connectivity index is 1.54. The van der Waals surface area contributed by atoms with Crippen LogP contribution in [0.4, 0.5) is 5.69 Å². The van der Waals surface area contributed by atoms with Crippen LogP contribution in [0.5, 0.6) is 0 Å². The van der Waals surface area contributed by atoms with Crippen LogP contribution in [0.1, 0.15) is 32.1 Å². The van der Waals surface area contributed by atoms with Gasteiger partial charge in [-0.15, -0.1) is 0 Å². The second-order valence-corrected chi connectivity index (χ2v) is 13.8. The highest BCUT2D eigenvalue weighted by Crippen LogP contribution is 2.47. The van der Waals surface area contributed by atoms with E-state index in [9.17, 15) is 4.79 Å². The predicted molar refractivity (Wildman–Crippen MR) is 153 cm³/mol. The van der Waals surface area contributed by atoms with E-state index in [1.165, 1.54) is 22.0 Å². The smallest absolute Gasteiger partial charge is 0.289 e. The number of amides is 1. The van der Waals surface area contributed by atoms with E-state index >= 15 is 0 Å². The molecule has 186 valence electrons. The van der Waals surface area contributed by atoms with E-state index < -0.39 is 14.4 Å². The summed E-state index contributed by atoms with van der Waals surface area (Å²) in [6, 6.07) is 42.0. The van der Waals surface area contributed by atoms with Crippen LogP contribution in [0, 0.1) is 5.41 Å². The zero-order valence-corrected chi connectivity index (χ0v) is 22.1. The second kappa shape index (κ2) is 10.1. The topological polar surface area (TPSA) is 29.5 Å². The summed E-state index contributed by atoms with van der Waals surface area (Å²) in [4.78, 5) is 16.4. The molecule has 1 aliphatic carbocycles. The fourth-order valence-electron chi connectivity index (χ4n) is 6.46. The molecule has 6 rings (SSSR count). The Labute approximate surface area is 220 Å². The molecule has 1 amide bonds. The molecule has 0 unspecified atom stereocenters. The molecule has 1 saturated heterocycles. The zero-order valence-electron chi connectivity index (χ0n) is 21.1. The van der Waals surface area contributed by atoms with Crippen LogP contribution in [0.3, 0.4) is 0 Å². The first-order valence-electron chi connectivity index (χ1n) is 13.4. The van der Waals surface area contributed by atoms with Gasteiger partial charge in [-0.1, -0.05) is 128 Å². The number of para-hydroxylation sites is 1. The summed E-state index contributed by atoms with van der Waals surface area (Å²) >= 11 is 0. The molecular weight excluding hydrogens is 470 g/mol. The van der Waals surface area contributed by atoms with Crippen LogP contribution >= 0.6 is 0 Å². The van der Waals surface area contributed by atoms with E-state index in [2.05, 4.69) is 91.0 Å². The summed E-state index contributed by atoms with van der Waals surface area (Å²) in [6.45, 7) is 0.726. The van der Waals surface area contributed by atoms with Crippen LogP contribution in [0.25, 0.3) is 0 Å². The fraction of sp³-hybridized carbons (Fsp3) is 0.242. The van der Waals surface area contributed by atoms with E-state index in [0.717, 1.165) is 37.9 Å². The lowest BCUT2D eigenvalue weighted by atomic mass is 9.72. The quantitative estimate of drug-likeness (QED) is 0.273. The number of nitrogens with zero attached hydrogens (tertiary/aromatic N) is 1. The number of hydrogen-bond acceptors (Lipinski definition) is 2. The summed E-state index contributed by atoms with van der Waals surface area (Å²) in [5.74, 6) is 0.104. The number of benzene rings is 4. The molecule has 4 aromatic carbocycles. The number of hydrogen-bond donors (Lipinski definition) is 0. The summed E-state index contributed by atoms with van der Waals surface area (Å²) < 4.78 is 7.56. The summed E-state index contributed by atoms with van der Waals surface area (Å²) in [5.41, 5.74) is 0.789. The van der Waals surface area contributed by atoms with Gasteiger partial charge in [-0.2, -0.15) is 0 Å². The largest absolute Gasteiger partial charge is 0.391 e. The van der Waals surface area contributed by atoms with E-state index in [4.69, 9.17) is 4.43 Å². The molecule has 2 fully saturated rings. The third kappa shape index (κ3) is 4.24. The minimum atomic E-state index is -3.02. The van der Waals surface area contributed by atoms with Gasteiger partial charge in [0, 0.05) is 17.6 Å². The van der Waals surface area contributed by atoms with Gasteiger partial charge >= 0.3 is 0 Å². The number of anilines is 1. The van der Waals surface area contributed by atoms with Gasteiger partial charge in [0.05, 0.1) is 0 Å². The van der Waals surface area contributed by atoms with Crippen molar-refractivity contribution in [3.63, 3.8) is 0 Å². The molecule has 3 nitrogen and oxygen atoms in total. The monoisotopic (exact) mass is 503 g/mol. The van der Waals surface area contributed by atoms with Crippen molar-refractivity contribution < 1.29 is 9.22 Å². The van der Waals surface area contributed by atoms with Gasteiger partial charge in [0.1, 0.15) is 6.10 Å². The van der Waals surface area contributed by atoms with Crippen LogP contribution in [-0.2, 0) is 9.22 Å². The first-order chi connectivity index (χ1) is 18.2. The van der Waals surface area contributed by atoms with Gasteiger partial charge in [0.15, 0.2) is 0 Å². The van der Waals surface area contributed by atoms with E-state index in [0.29, 0.717) is 0 Å². The van der Waals surface area contributed by atoms with E-state index in [1.54, 1.807) is 0 Å². The fourth-order valence-corrected chi connectivity index (χ4v) is 10.6. The van der Waals surface area contributed by atoms with Crippen molar-refractivity contribution in [1.29, 1.82) is 0 Å². The molecule has 1 atom stereocenters. The van der Waals surface area contributed by atoms with Crippen LogP contribution < -0.4 is 20.5 Å². The minimum Gasteiger partial charge on any atom is -0.391 e. The number of rotatable bonds is 6. The Hall–Kier alpha value is -3.47. The third-order valence-corrected chi connectivity index (χ3v) is 12.3. The first kappa shape index (κ1) is 23.9. The molecule has 0 aromatic heterocycles. The minimum absolute atomic E-state index is 0.104. The zero-order chi connectivity index (χ0) is 25.1. The predicted octanol–water partition coefficient (Wildman–Crippen LogP) is 5.04.